The van der Waals surface area contributed by atoms with Crippen LogP contribution in [0.3, 0.4) is 0 Å². The van der Waals surface area contributed by atoms with Gasteiger partial charge in [0.25, 0.3) is 6.29 Å². The van der Waals surface area contributed by atoms with E-state index in [1.165, 1.54) is 0 Å². The molecule has 0 saturated heterocycles. The maximum absolute atomic E-state index is 12.1. The van der Waals surface area contributed by atoms with Crippen LogP contribution >= 0.6 is 0 Å². The summed E-state index contributed by atoms with van der Waals surface area (Å²) in [6.07, 6.45) is 0.429. The molecule has 4 nitrogen and oxygen atoms in total. The van der Waals surface area contributed by atoms with Gasteiger partial charge in [0.1, 0.15) is 0 Å². The molecule has 0 aliphatic rings. The van der Waals surface area contributed by atoms with E-state index in [2.05, 4.69) is 0 Å². The molecule has 0 radical (unpaired) electrons. The zero-order chi connectivity index (χ0) is 15.8. The molecule has 1 aromatic carbocycles. The first-order chi connectivity index (χ1) is 9.99. The van der Waals surface area contributed by atoms with Gasteiger partial charge in [-0.2, -0.15) is 0 Å². The van der Waals surface area contributed by atoms with Crippen LogP contribution in [0.15, 0.2) is 30.3 Å². The summed E-state index contributed by atoms with van der Waals surface area (Å²) in [6, 6.07) is 9.04. The number of carbonyl (C=O) groups excluding carboxylic acids is 2. The molecule has 0 amide bonds. The molecule has 0 aliphatic carbocycles. The topological polar surface area (TPSA) is 52.6 Å². The highest BCUT2D eigenvalue weighted by molar-refractivity contribution is 5.74. The first kappa shape index (κ1) is 17.2. The molecule has 1 aromatic rings. The quantitative estimate of drug-likeness (QED) is 0.565. The standard InChI is InChI=1S/C17H24O4/c1-5-13(6-2)16(19)21-17(20-15(18)12(3)4)14-10-8-7-9-11-14/h7-13,17H,5-6H2,1-4H3. The molecule has 21 heavy (non-hydrogen) atoms. The monoisotopic (exact) mass is 292 g/mol. The number of ether oxygens (including phenoxy) is 2. The van der Waals surface area contributed by atoms with Crippen molar-refractivity contribution < 1.29 is 19.1 Å². The second-order valence-electron chi connectivity index (χ2n) is 5.28. The van der Waals surface area contributed by atoms with Crippen LogP contribution in [0.2, 0.25) is 0 Å². The summed E-state index contributed by atoms with van der Waals surface area (Å²) in [5, 5.41) is 0. The third kappa shape index (κ3) is 5.21. The molecule has 4 heteroatoms. The van der Waals surface area contributed by atoms with Crippen molar-refractivity contribution in [2.75, 3.05) is 0 Å². The van der Waals surface area contributed by atoms with Crippen LogP contribution in [0.25, 0.3) is 0 Å². The molecule has 0 heterocycles. The summed E-state index contributed by atoms with van der Waals surface area (Å²) in [6.45, 7) is 7.36. The van der Waals surface area contributed by atoms with Gasteiger partial charge in [-0.15, -0.1) is 0 Å². The van der Waals surface area contributed by atoms with E-state index in [1.807, 2.05) is 32.0 Å². The summed E-state index contributed by atoms with van der Waals surface area (Å²) in [7, 11) is 0. The lowest BCUT2D eigenvalue weighted by Gasteiger charge is -2.22. The van der Waals surface area contributed by atoms with Crippen molar-refractivity contribution in [3.8, 4) is 0 Å². The molecule has 1 unspecified atom stereocenters. The van der Waals surface area contributed by atoms with Crippen LogP contribution < -0.4 is 0 Å². The van der Waals surface area contributed by atoms with Crippen molar-refractivity contribution in [3.63, 3.8) is 0 Å². The van der Waals surface area contributed by atoms with E-state index in [-0.39, 0.29) is 23.8 Å². The Morgan fingerprint density at radius 2 is 1.48 bits per heavy atom. The van der Waals surface area contributed by atoms with E-state index in [1.54, 1.807) is 26.0 Å². The third-order valence-electron chi connectivity index (χ3n) is 3.31. The van der Waals surface area contributed by atoms with Crippen molar-refractivity contribution in [2.24, 2.45) is 11.8 Å². The summed E-state index contributed by atoms with van der Waals surface area (Å²) in [5.74, 6) is -1.16. The third-order valence-corrected chi connectivity index (χ3v) is 3.31. The first-order valence-electron chi connectivity index (χ1n) is 7.45. The maximum atomic E-state index is 12.1. The molecule has 1 atom stereocenters. The van der Waals surface area contributed by atoms with Gasteiger partial charge in [-0.1, -0.05) is 58.0 Å². The lowest BCUT2D eigenvalue weighted by Crippen LogP contribution is -2.24. The molecule has 0 aliphatic heterocycles. The van der Waals surface area contributed by atoms with Crippen LogP contribution in [0.4, 0.5) is 0 Å². The van der Waals surface area contributed by atoms with Crippen molar-refractivity contribution in [2.45, 2.75) is 46.8 Å². The van der Waals surface area contributed by atoms with Crippen LogP contribution in [0.1, 0.15) is 52.4 Å². The molecule has 1 rings (SSSR count). The molecule has 0 bridgehead atoms. The Kier molecular flexibility index (Phi) is 6.92. The molecule has 0 N–H and O–H groups in total. The van der Waals surface area contributed by atoms with Gasteiger partial charge in [0, 0.05) is 5.56 Å². The fourth-order valence-electron chi connectivity index (χ4n) is 1.84. The fraction of sp³-hybridized carbons (Fsp3) is 0.529. The molecule has 116 valence electrons. The molecular formula is C17H24O4. The van der Waals surface area contributed by atoms with E-state index < -0.39 is 6.29 Å². The van der Waals surface area contributed by atoms with Crippen molar-refractivity contribution >= 4 is 11.9 Å². The first-order valence-corrected chi connectivity index (χ1v) is 7.45. The summed E-state index contributed by atoms with van der Waals surface area (Å²) in [5.41, 5.74) is 0.658. The number of benzene rings is 1. The molecule has 0 aromatic heterocycles. The number of hydrogen-bond donors (Lipinski definition) is 0. The van der Waals surface area contributed by atoms with Gasteiger partial charge in [-0.05, 0) is 12.8 Å². The van der Waals surface area contributed by atoms with Crippen LogP contribution in [0, 0.1) is 11.8 Å². The van der Waals surface area contributed by atoms with Gasteiger partial charge < -0.3 is 9.47 Å². The zero-order valence-corrected chi connectivity index (χ0v) is 13.2. The second kappa shape index (κ2) is 8.45. The minimum atomic E-state index is -0.978. The predicted molar refractivity (Wildman–Crippen MR) is 80.3 cm³/mol. The van der Waals surface area contributed by atoms with Gasteiger partial charge in [0.2, 0.25) is 0 Å². The second-order valence-corrected chi connectivity index (χ2v) is 5.28. The van der Waals surface area contributed by atoms with Gasteiger partial charge in [-0.3, -0.25) is 9.59 Å². The predicted octanol–water partition coefficient (Wildman–Crippen LogP) is 3.86. The Labute approximate surface area is 126 Å². The average molecular weight is 292 g/mol. The van der Waals surface area contributed by atoms with Crippen molar-refractivity contribution in [3.05, 3.63) is 35.9 Å². The van der Waals surface area contributed by atoms with E-state index in [9.17, 15) is 9.59 Å². The smallest absolute Gasteiger partial charge is 0.312 e. The lowest BCUT2D eigenvalue weighted by atomic mass is 10.0. The van der Waals surface area contributed by atoms with Gasteiger partial charge in [-0.25, -0.2) is 0 Å². The zero-order valence-electron chi connectivity index (χ0n) is 13.2. The molecular weight excluding hydrogens is 268 g/mol. The van der Waals surface area contributed by atoms with Crippen LogP contribution in [-0.2, 0) is 19.1 Å². The number of rotatable bonds is 7. The maximum Gasteiger partial charge on any atom is 0.312 e. The number of hydrogen-bond acceptors (Lipinski definition) is 4. The summed E-state index contributed by atoms with van der Waals surface area (Å²) >= 11 is 0. The minimum absolute atomic E-state index is 0.172. The highest BCUT2D eigenvalue weighted by Crippen LogP contribution is 2.23. The summed E-state index contributed by atoms with van der Waals surface area (Å²) in [4.78, 5) is 23.9. The fourth-order valence-corrected chi connectivity index (χ4v) is 1.84. The van der Waals surface area contributed by atoms with E-state index in [0.717, 1.165) is 0 Å². The largest absolute Gasteiger partial charge is 0.420 e. The molecule has 0 spiro atoms. The van der Waals surface area contributed by atoms with Crippen LogP contribution in [-0.4, -0.2) is 11.9 Å². The average Bonchev–Trinajstić information content (AvgIpc) is 2.48. The molecule has 0 fully saturated rings. The normalized spacial score (nSPS) is 12.3. The van der Waals surface area contributed by atoms with E-state index in [0.29, 0.717) is 18.4 Å². The number of esters is 2. The number of carbonyl (C=O) groups is 2. The van der Waals surface area contributed by atoms with E-state index in [4.69, 9.17) is 9.47 Å². The summed E-state index contributed by atoms with van der Waals surface area (Å²) < 4.78 is 10.7. The van der Waals surface area contributed by atoms with Crippen molar-refractivity contribution in [1.29, 1.82) is 0 Å². The minimum Gasteiger partial charge on any atom is -0.420 e. The Hall–Kier alpha value is -1.84. The SMILES string of the molecule is CCC(CC)C(=O)OC(OC(=O)C(C)C)c1ccccc1. The highest BCUT2D eigenvalue weighted by Gasteiger charge is 2.25. The Balaban J connectivity index is 2.87. The van der Waals surface area contributed by atoms with Crippen LogP contribution in [0.5, 0.6) is 0 Å². The Morgan fingerprint density at radius 1 is 0.952 bits per heavy atom. The molecule has 0 saturated carbocycles. The Morgan fingerprint density at radius 3 is 1.95 bits per heavy atom. The van der Waals surface area contributed by atoms with Gasteiger partial charge >= 0.3 is 11.9 Å². The lowest BCUT2D eigenvalue weighted by molar-refractivity contribution is -0.195. The Bertz CT molecular complexity index is 449. The highest BCUT2D eigenvalue weighted by atomic mass is 16.7. The van der Waals surface area contributed by atoms with Gasteiger partial charge in [0.05, 0.1) is 11.8 Å². The van der Waals surface area contributed by atoms with E-state index >= 15 is 0 Å². The van der Waals surface area contributed by atoms with Crippen molar-refractivity contribution in [1.82, 2.24) is 0 Å². The van der Waals surface area contributed by atoms with Gasteiger partial charge in [0.15, 0.2) is 0 Å².